The van der Waals surface area contributed by atoms with Crippen LogP contribution in [0.1, 0.15) is 6.92 Å². The van der Waals surface area contributed by atoms with Crippen molar-refractivity contribution < 1.29 is 17.9 Å². The van der Waals surface area contributed by atoms with Gasteiger partial charge in [0.1, 0.15) is 11.5 Å². The number of methoxy groups -OCH3 is 1. The van der Waals surface area contributed by atoms with Gasteiger partial charge >= 0.3 is 0 Å². The molecule has 1 unspecified atom stereocenters. The normalized spacial score (nSPS) is 12.8. The van der Waals surface area contributed by atoms with Crippen molar-refractivity contribution in [1.29, 1.82) is 0 Å². The van der Waals surface area contributed by atoms with Crippen LogP contribution in [0.3, 0.4) is 0 Å². The van der Waals surface area contributed by atoms with Gasteiger partial charge < -0.3 is 15.8 Å². The van der Waals surface area contributed by atoms with E-state index >= 15 is 0 Å². The molecule has 1 rings (SSSR count). The topological polar surface area (TPSA) is 98.5 Å². The molecule has 7 heteroatoms. The van der Waals surface area contributed by atoms with Crippen LogP contribution >= 0.6 is 0 Å². The Hall–Kier alpha value is -1.60. The summed E-state index contributed by atoms with van der Waals surface area (Å²) < 4.78 is 28.3. The zero-order valence-corrected chi connectivity index (χ0v) is 11.7. The highest BCUT2D eigenvalue weighted by Gasteiger charge is 2.19. The van der Waals surface area contributed by atoms with Crippen molar-refractivity contribution in [2.75, 3.05) is 23.9 Å². The number of benzene rings is 1. The van der Waals surface area contributed by atoms with Crippen molar-refractivity contribution in [3.63, 3.8) is 0 Å². The van der Waals surface area contributed by atoms with Crippen molar-refractivity contribution in [1.82, 2.24) is 0 Å². The van der Waals surface area contributed by atoms with Crippen molar-refractivity contribution in [3.8, 4) is 5.75 Å². The SMILES string of the molecule is COc1ccccc1NC(=O)CS(=O)(=O)CC(C)N. The van der Waals surface area contributed by atoms with Crippen LogP contribution in [0.25, 0.3) is 0 Å². The van der Waals surface area contributed by atoms with Gasteiger partial charge in [0.25, 0.3) is 0 Å². The van der Waals surface area contributed by atoms with E-state index in [4.69, 9.17) is 10.5 Å². The minimum Gasteiger partial charge on any atom is -0.495 e. The molecule has 3 N–H and O–H groups in total. The van der Waals surface area contributed by atoms with E-state index in [1.165, 1.54) is 7.11 Å². The average Bonchev–Trinajstić information content (AvgIpc) is 2.26. The van der Waals surface area contributed by atoms with Gasteiger partial charge in [0.2, 0.25) is 5.91 Å². The number of amides is 1. The molecular weight excluding hydrogens is 268 g/mol. The molecule has 6 nitrogen and oxygen atoms in total. The molecule has 106 valence electrons. The number of anilines is 1. The third kappa shape index (κ3) is 5.27. The average molecular weight is 286 g/mol. The number of carbonyl (C=O) groups excluding carboxylic acids is 1. The molecule has 19 heavy (non-hydrogen) atoms. The van der Waals surface area contributed by atoms with Gasteiger partial charge in [0.05, 0.1) is 18.6 Å². The van der Waals surface area contributed by atoms with Gasteiger partial charge in [-0.3, -0.25) is 4.79 Å². The molecular formula is C12H18N2O4S. The van der Waals surface area contributed by atoms with Gasteiger partial charge in [0, 0.05) is 6.04 Å². The van der Waals surface area contributed by atoms with Crippen LogP contribution in [0.15, 0.2) is 24.3 Å². The number of rotatable bonds is 6. The summed E-state index contributed by atoms with van der Waals surface area (Å²) in [7, 11) is -2.03. The Labute approximate surface area is 112 Å². The largest absolute Gasteiger partial charge is 0.495 e. The highest BCUT2D eigenvalue weighted by molar-refractivity contribution is 7.92. The molecule has 0 aliphatic carbocycles. The Kier molecular flexibility index (Phi) is 5.31. The van der Waals surface area contributed by atoms with Crippen LogP contribution in [0.5, 0.6) is 5.75 Å². The van der Waals surface area contributed by atoms with E-state index in [1.54, 1.807) is 31.2 Å². The second-order valence-electron chi connectivity index (χ2n) is 4.28. The molecule has 0 saturated carbocycles. The lowest BCUT2D eigenvalue weighted by atomic mass is 10.3. The van der Waals surface area contributed by atoms with Crippen LogP contribution in [0.2, 0.25) is 0 Å². The van der Waals surface area contributed by atoms with Crippen molar-refractivity contribution in [2.45, 2.75) is 13.0 Å². The van der Waals surface area contributed by atoms with Gasteiger partial charge in [-0.25, -0.2) is 8.42 Å². The Balaban J connectivity index is 2.70. The Bertz CT molecular complexity index is 540. The lowest BCUT2D eigenvalue weighted by molar-refractivity contribution is -0.113. The van der Waals surface area contributed by atoms with Gasteiger partial charge in [-0.1, -0.05) is 12.1 Å². The molecule has 1 aromatic carbocycles. The Morgan fingerprint density at radius 3 is 2.63 bits per heavy atom. The lowest BCUT2D eigenvalue weighted by Crippen LogP contribution is -2.32. The molecule has 0 bridgehead atoms. The highest BCUT2D eigenvalue weighted by Crippen LogP contribution is 2.22. The quantitative estimate of drug-likeness (QED) is 0.788. The summed E-state index contributed by atoms with van der Waals surface area (Å²) in [6.07, 6.45) is 0. The van der Waals surface area contributed by atoms with Crippen LogP contribution in [0.4, 0.5) is 5.69 Å². The summed E-state index contributed by atoms with van der Waals surface area (Å²) in [5, 5.41) is 2.51. The van der Waals surface area contributed by atoms with E-state index < -0.39 is 27.5 Å². The number of nitrogens with one attached hydrogen (secondary N) is 1. The van der Waals surface area contributed by atoms with Gasteiger partial charge in [0.15, 0.2) is 9.84 Å². The smallest absolute Gasteiger partial charge is 0.239 e. The maximum Gasteiger partial charge on any atom is 0.239 e. The first-order valence-electron chi connectivity index (χ1n) is 5.73. The first-order valence-corrected chi connectivity index (χ1v) is 7.55. The fraction of sp³-hybridized carbons (Fsp3) is 0.417. The molecule has 0 aromatic heterocycles. The van der Waals surface area contributed by atoms with Crippen LogP contribution < -0.4 is 15.8 Å². The Morgan fingerprint density at radius 2 is 2.05 bits per heavy atom. The third-order valence-corrected chi connectivity index (χ3v) is 3.98. The first kappa shape index (κ1) is 15.5. The fourth-order valence-corrected chi connectivity index (χ4v) is 2.98. The van der Waals surface area contributed by atoms with Gasteiger partial charge in [-0.15, -0.1) is 0 Å². The molecule has 0 fully saturated rings. The zero-order chi connectivity index (χ0) is 14.5. The second kappa shape index (κ2) is 6.53. The number of nitrogens with two attached hydrogens (primary N) is 1. The van der Waals surface area contributed by atoms with E-state index in [2.05, 4.69) is 5.32 Å². The number of hydrogen-bond donors (Lipinski definition) is 2. The third-order valence-electron chi connectivity index (χ3n) is 2.25. The number of hydrogen-bond acceptors (Lipinski definition) is 5. The van der Waals surface area contributed by atoms with Gasteiger partial charge in [-0.05, 0) is 19.1 Å². The number of sulfone groups is 1. The van der Waals surface area contributed by atoms with Crippen LogP contribution in [-0.2, 0) is 14.6 Å². The zero-order valence-electron chi connectivity index (χ0n) is 10.9. The van der Waals surface area contributed by atoms with Crippen molar-refractivity contribution in [2.24, 2.45) is 5.73 Å². The predicted molar refractivity (Wildman–Crippen MR) is 73.9 cm³/mol. The summed E-state index contributed by atoms with van der Waals surface area (Å²) in [4.78, 5) is 11.7. The first-order chi connectivity index (χ1) is 8.84. The summed E-state index contributed by atoms with van der Waals surface area (Å²) >= 11 is 0. The molecule has 1 amide bonds. The molecule has 0 heterocycles. The molecule has 0 aliphatic heterocycles. The molecule has 0 radical (unpaired) electrons. The number of ether oxygens (including phenoxy) is 1. The van der Waals surface area contributed by atoms with E-state index in [0.717, 1.165) is 0 Å². The minimum atomic E-state index is -3.50. The molecule has 0 spiro atoms. The maximum absolute atomic E-state index is 11.7. The van der Waals surface area contributed by atoms with Crippen LogP contribution in [-0.4, -0.2) is 39.0 Å². The highest BCUT2D eigenvalue weighted by atomic mass is 32.2. The lowest BCUT2D eigenvalue weighted by Gasteiger charge is -2.10. The maximum atomic E-state index is 11.7. The standard InChI is InChI=1S/C12H18N2O4S/c1-9(13)7-19(16,17)8-12(15)14-10-5-3-4-6-11(10)18-2/h3-6,9H,7-8,13H2,1-2H3,(H,14,15). The summed E-state index contributed by atoms with van der Waals surface area (Å²) in [5.41, 5.74) is 5.86. The monoisotopic (exact) mass is 286 g/mol. The molecule has 0 aliphatic rings. The van der Waals surface area contributed by atoms with Crippen LogP contribution in [0, 0.1) is 0 Å². The summed E-state index contributed by atoms with van der Waals surface area (Å²) in [5.74, 6) is -0.940. The second-order valence-corrected chi connectivity index (χ2v) is 6.39. The summed E-state index contributed by atoms with van der Waals surface area (Å²) in [6.45, 7) is 1.58. The predicted octanol–water partition coefficient (Wildman–Crippen LogP) is 0.396. The van der Waals surface area contributed by atoms with Crippen molar-refractivity contribution in [3.05, 3.63) is 24.3 Å². The van der Waals surface area contributed by atoms with Crippen molar-refractivity contribution >= 4 is 21.4 Å². The van der Waals surface area contributed by atoms with E-state index in [1.807, 2.05) is 0 Å². The van der Waals surface area contributed by atoms with E-state index in [0.29, 0.717) is 11.4 Å². The summed E-state index contributed by atoms with van der Waals surface area (Å²) in [6, 6.07) is 6.28. The van der Waals surface area contributed by atoms with E-state index in [-0.39, 0.29) is 5.75 Å². The molecule has 1 atom stereocenters. The van der Waals surface area contributed by atoms with E-state index in [9.17, 15) is 13.2 Å². The number of para-hydroxylation sites is 2. The molecule has 1 aromatic rings. The molecule has 0 saturated heterocycles. The van der Waals surface area contributed by atoms with Gasteiger partial charge in [-0.2, -0.15) is 0 Å². The number of carbonyl (C=O) groups is 1. The fourth-order valence-electron chi connectivity index (χ4n) is 1.59. The minimum absolute atomic E-state index is 0.216. The Morgan fingerprint density at radius 1 is 1.42 bits per heavy atom.